The number of nitrogens with one attached hydrogen (secondary N) is 1. The molecule has 146 valence electrons. The molecule has 1 N–H and O–H groups in total. The lowest BCUT2D eigenvalue weighted by Gasteiger charge is -2.11. The quantitative estimate of drug-likeness (QED) is 0.530. The molecule has 0 fully saturated rings. The second-order valence-electron chi connectivity index (χ2n) is 6.28. The van der Waals surface area contributed by atoms with Crippen LogP contribution in [0.2, 0.25) is 0 Å². The van der Waals surface area contributed by atoms with Crippen LogP contribution in [0.25, 0.3) is 0 Å². The maximum absolute atomic E-state index is 12.1. The van der Waals surface area contributed by atoms with Crippen molar-refractivity contribution in [1.29, 1.82) is 0 Å². The summed E-state index contributed by atoms with van der Waals surface area (Å²) in [6.45, 7) is 2.80. The van der Waals surface area contributed by atoms with Gasteiger partial charge in [0.05, 0.1) is 13.7 Å². The predicted molar refractivity (Wildman–Crippen MR) is 108 cm³/mol. The van der Waals surface area contributed by atoms with Gasteiger partial charge < -0.3 is 19.5 Å². The lowest BCUT2D eigenvalue weighted by molar-refractivity contribution is -0.118. The van der Waals surface area contributed by atoms with Gasteiger partial charge in [-0.1, -0.05) is 50.8 Å². The van der Waals surface area contributed by atoms with Crippen LogP contribution in [-0.4, -0.2) is 26.2 Å². The first-order chi connectivity index (χ1) is 13.2. The van der Waals surface area contributed by atoms with Crippen molar-refractivity contribution in [2.75, 3.05) is 25.6 Å². The number of para-hydroxylation sites is 2. The van der Waals surface area contributed by atoms with Crippen molar-refractivity contribution in [3.05, 3.63) is 48.5 Å². The van der Waals surface area contributed by atoms with Crippen molar-refractivity contribution in [2.24, 2.45) is 0 Å². The normalized spacial score (nSPS) is 10.3. The number of benzene rings is 2. The van der Waals surface area contributed by atoms with Crippen molar-refractivity contribution in [1.82, 2.24) is 0 Å². The highest BCUT2D eigenvalue weighted by Gasteiger charge is 2.08. The Morgan fingerprint density at radius 2 is 1.70 bits per heavy atom. The number of anilines is 1. The zero-order valence-corrected chi connectivity index (χ0v) is 16.2. The Morgan fingerprint density at radius 1 is 0.926 bits per heavy atom. The zero-order valence-electron chi connectivity index (χ0n) is 16.2. The summed E-state index contributed by atoms with van der Waals surface area (Å²) in [6, 6.07) is 14.6. The molecule has 0 saturated carbocycles. The van der Waals surface area contributed by atoms with Crippen LogP contribution in [0.1, 0.15) is 39.0 Å². The Morgan fingerprint density at radius 3 is 2.48 bits per heavy atom. The smallest absolute Gasteiger partial charge is 0.262 e. The van der Waals surface area contributed by atoms with Gasteiger partial charge in [0.2, 0.25) is 0 Å². The first-order valence-electron chi connectivity index (χ1n) is 9.51. The van der Waals surface area contributed by atoms with Crippen LogP contribution in [0.4, 0.5) is 5.69 Å². The summed E-state index contributed by atoms with van der Waals surface area (Å²) >= 11 is 0. The highest BCUT2D eigenvalue weighted by molar-refractivity contribution is 5.92. The monoisotopic (exact) mass is 371 g/mol. The van der Waals surface area contributed by atoms with Gasteiger partial charge in [-0.05, 0) is 30.7 Å². The number of rotatable bonds is 12. The molecule has 0 saturated heterocycles. The van der Waals surface area contributed by atoms with Crippen molar-refractivity contribution in [2.45, 2.75) is 39.0 Å². The average Bonchev–Trinajstić information content (AvgIpc) is 2.69. The number of unbranched alkanes of at least 4 members (excludes halogenated alkanes) is 4. The fourth-order valence-electron chi connectivity index (χ4n) is 2.64. The van der Waals surface area contributed by atoms with Gasteiger partial charge in [0.25, 0.3) is 5.91 Å². The summed E-state index contributed by atoms with van der Waals surface area (Å²) in [6.07, 6.45) is 6.00. The van der Waals surface area contributed by atoms with Crippen LogP contribution in [0, 0.1) is 0 Å². The van der Waals surface area contributed by atoms with Crippen LogP contribution in [-0.2, 0) is 4.79 Å². The SMILES string of the molecule is CCCCCCCOc1cccc(NC(=O)COc2ccccc2OC)c1. The minimum atomic E-state index is -0.238. The molecule has 2 rings (SSSR count). The first kappa shape index (κ1) is 20.6. The molecule has 5 heteroatoms. The number of carbonyl (C=O) groups is 1. The Balaban J connectivity index is 1.76. The van der Waals surface area contributed by atoms with E-state index in [0.717, 1.165) is 12.2 Å². The van der Waals surface area contributed by atoms with Crippen molar-refractivity contribution in [3.8, 4) is 17.2 Å². The number of carbonyl (C=O) groups excluding carboxylic acids is 1. The van der Waals surface area contributed by atoms with E-state index in [-0.39, 0.29) is 12.5 Å². The fourth-order valence-corrected chi connectivity index (χ4v) is 2.64. The third-order valence-electron chi connectivity index (χ3n) is 4.06. The van der Waals surface area contributed by atoms with Gasteiger partial charge in [0.15, 0.2) is 18.1 Å². The molecule has 0 atom stereocenters. The predicted octanol–water partition coefficient (Wildman–Crippen LogP) is 5.06. The van der Waals surface area contributed by atoms with E-state index in [4.69, 9.17) is 14.2 Å². The summed E-state index contributed by atoms with van der Waals surface area (Å²) in [7, 11) is 1.57. The molecular formula is C22H29NO4. The van der Waals surface area contributed by atoms with Gasteiger partial charge in [0.1, 0.15) is 5.75 Å². The molecule has 5 nitrogen and oxygen atoms in total. The number of amides is 1. The molecule has 27 heavy (non-hydrogen) atoms. The summed E-state index contributed by atoms with van der Waals surface area (Å²) in [5, 5.41) is 2.82. The average molecular weight is 371 g/mol. The van der Waals surface area contributed by atoms with E-state index in [1.165, 1.54) is 25.7 Å². The Kier molecular flexibility index (Phi) is 9.04. The zero-order chi connectivity index (χ0) is 19.3. The van der Waals surface area contributed by atoms with Crippen molar-refractivity contribution in [3.63, 3.8) is 0 Å². The van der Waals surface area contributed by atoms with E-state index in [9.17, 15) is 4.79 Å². The van der Waals surface area contributed by atoms with Crippen LogP contribution in [0.3, 0.4) is 0 Å². The van der Waals surface area contributed by atoms with E-state index < -0.39 is 0 Å². The third-order valence-corrected chi connectivity index (χ3v) is 4.06. The second kappa shape index (κ2) is 11.8. The molecule has 2 aromatic rings. The number of ether oxygens (including phenoxy) is 3. The van der Waals surface area contributed by atoms with E-state index in [0.29, 0.717) is 23.8 Å². The molecule has 0 aromatic heterocycles. The molecule has 0 bridgehead atoms. The summed E-state index contributed by atoms with van der Waals surface area (Å²) in [4.78, 5) is 12.1. The minimum absolute atomic E-state index is 0.0944. The van der Waals surface area contributed by atoms with E-state index >= 15 is 0 Å². The highest BCUT2D eigenvalue weighted by atomic mass is 16.5. The van der Waals surface area contributed by atoms with E-state index in [1.54, 1.807) is 19.2 Å². The molecule has 0 spiro atoms. The van der Waals surface area contributed by atoms with E-state index in [2.05, 4.69) is 12.2 Å². The molecular weight excluding hydrogens is 342 g/mol. The highest BCUT2D eigenvalue weighted by Crippen LogP contribution is 2.25. The first-order valence-corrected chi connectivity index (χ1v) is 9.51. The van der Waals surface area contributed by atoms with Crippen LogP contribution in [0.5, 0.6) is 17.2 Å². The van der Waals surface area contributed by atoms with Crippen LogP contribution in [0.15, 0.2) is 48.5 Å². The lowest BCUT2D eigenvalue weighted by Crippen LogP contribution is -2.20. The van der Waals surface area contributed by atoms with Crippen LogP contribution >= 0.6 is 0 Å². The van der Waals surface area contributed by atoms with Crippen molar-refractivity contribution < 1.29 is 19.0 Å². The van der Waals surface area contributed by atoms with Crippen LogP contribution < -0.4 is 19.5 Å². The topological polar surface area (TPSA) is 56.8 Å². The van der Waals surface area contributed by atoms with Gasteiger partial charge in [0, 0.05) is 11.8 Å². The number of methoxy groups -OCH3 is 1. The maximum Gasteiger partial charge on any atom is 0.262 e. The number of hydrogen-bond donors (Lipinski definition) is 1. The molecule has 0 unspecified atom stereocenters. The van der Waals surface area contributed by atoms with Crippen molar-refractivity contribution >= 4 is 11.6 Å². The maximum atomic E-state index is 12.1. The summed E-state index contributed by atoms with van der Waals surface area (Å²) in [5.41, 5.74) is 0.687. The third kappa shape index (κ3) is 7.60. The van der Waals surface area contributed by atoms with E-state index in [1.807, 2.05) is 36.4 Å². The van der Waals surface area contributed by atoms with Gasteiger partial charge in [-0.15, -0.1) is 0 Å². The minimum Gasteiger partial charge on any atom is -0.494 e. The van der Waals surface area contributed by atoms with Gasteiger partial charge in [-0.25, -0.2) is 0 Å². The molecule has 0 aliphatic heterocycles. The van der Waals surface area contributed by atoms with Gasteiger partial charge in [-0.2, -0.15) is 0 Å². The lowest BCUT2D eigenvalue weighted by atomic mass is 10.2. The molecule has 0 heterocycles. The largest absolute Gasteiger partial charge is 0.494 e. The second-order valence-corrected chi connectivity index (χ2v) is 6.28. The van der Waals surface area contributed by atoms with Gasteiger partial charge >= 0.3 is 0 Å². The number of hydrogen-bond acceptors (Lipinski definition) is 4. The molecule has 0 aliphatic rings. The Hall–Kier alpha value is -2.69. The standard InChI is InChI=1S/C22H29NO4/c1-3-4-5-6-9-15-26-19-12-10-11-18(16-19)23-22(24)17-27-21-14-8-7-13-20(21)25-2/h7-8,10-14,16H,3-6,9,15,17H2,1-2H3,(H,23,24). The Labute approximate surface area is 161 Å². The van der Waals surface area contributed by atoms with Gasteiger partial charge in [-0.3, -0.25) is 4.79 Å². The fraction of sp³-hybridized carbons (Fsp3) is 0.409. The molecule has 1 amide bonds. The summed E-state index contributed by atoms with van der Waals surface area (Å²) in [5.74, 6) is 1.65. The molecule has 2 aromatic carbocycles. The Bertz CT molecular complexity index is 702. The summed E-state index contributed by atoms with van der Waals surface area (Å²) < 4.78 is 16.5. The molecule has 0 aliphatic carbocycles. The molecule has 0 radical (unpaired) electrons.